The molecule has 6 heteroatoms. The standard InChI is InChI=1S/C13H7BrFIN2S/c14-7-1-3-11-12(5-7)19-13(18-11)17-10-4-2-8(15)6-9(10)16/h1-6H,(H,17,18). The fourth-order valence-electron chi connectivity index (χ4n) is 1.66. The molecule has 19 heavy (non-hydrogen) atoms. The van der Waals surface area contributed by atoms with Gasteiger partial charge in [0.25, 0.3) is 0 Å². The van der Waals surface area contributed by atoms with Crippen LogP contribution in [-0.2, 0) is 0 Å². The van der Waals surface area contributed by atoms with Crippen molar-refractivity contribution in [2.75, 3.05) is 5.32 Å². The zero-order valence-corrected chi connectivity index (χ0v) is 14.0. The van der Waals surface area contributed by atoms with E-state index in [2.05, 4.69) is 48.8 Å². The number of nitrogens with one attached hydrogen (secondary N) is 1. The Morgan fingerprint density at radius 1 is 1.21 bits per heavy atom. The van der Waals surface area contributed by atoms with E-state index in [1.807, 2.05) is 18.2 Å². The third-order valence-electron chi connectivity index (χ3n) is 2.52. The first-order valence-electron chi connectivity index (χ1n) is 5.40. The fourth-order valence-corrected chi connectivity index (χ4v) is 3.70. The molecule has 0 saturated carbocycles. The first-order chi connectivity index (χ1) is 9.11. The molecule has 0 amide bonds. The second-order valence-corrected chi connectivity index (χ2v) is 6.99. The molecule has 0 aliphatic heterocycles. The number of rotatable bonds is 2. The van der Waals surface area contributed by atoms with Gasteiger partial charge in [0.15, 0.2) is 5.13 Å². The molecule has 0 fully saturated rings. The van der Waals surface area contributed by atoms with E-state index in [0.717, 1.165) is 29.1 Å². The molecule has 1 N–H and O–H groups in total. The number of thiazole rings is 1. The minimum Gasteiger partial charge on any atom is -0.331 e. The molecule has 0 unspecified atom stereocenters. The largest absolute Gasteiger partial charge is 0.331 e. The Kier molecular flexibility index (Phi) is 3.72. The highest BCUT2D eigenvalue weighted by molar-refractivity contribution is 14.1. The van der Waals surface area contributed by atoms with E-state index in [9.17, 15) is 4.39 Å². The Bertz CT molecular complexity index is 759. The second-order valence-electron chi connectivity index (χ2n) is 3.88. The van der Waals surface area contributed by atoms with Crippen LogP contribution in [0.1, 0.15) is 0 Å². The van der Waals surface area contributed by atoms with E-state index in [-0.39, 0.29) is 5.82 Å². The van der Waals surface area contributed by atoms with Crippen molar-refractivity contribution in [2.24, 2.45) is 0 Å². The summed E-state index contributed by atoms with van der Waals surface area (Å²) >= 11 is 7.12. The van der Waals surface area contributed by atoms with Gasteiger partial charge in [0.2, 0.25) is 0 Å². The van der Waals surface area contributed by atoms with E-state index in [4.69, 9.17) is 0 Å². The Hall–Kier alpha value is -0.730. The lowest BCUT2D eigenvalue weighted by atomic mass is 10.3. The summed E-state index contributed by atoms with van der Waals surface area (Å²) in [5.41, 5.74) is 1.81. The summed E-state index contributed by atoms with van der Waals surface area (Å²) < 4.78 is 16.0. The molecule has 0 atom stereocenters. The molecule has 1 aromatic heterocycles. The summed E-state index contributed by atoms with van der Waals surface area (Å²) in [5.74, 6) is -0.233. The average molecular weight is 449 g/mol. The van der Waals surface area contributed by atoms with E-state index in [1.165, 1.54) is 12.1 Å². The zero-order valence-electron chi connectivity index (χ0n) is 9.45. The van der Waals surface area contributed by atoms with Crippen LogP contribution in [0.4, 0.5) is 15.2 Å². The molecule has 3 aromatic rings. The molecular weight excluding hydrogens is 442 g/mol. The van der Waals surface area contributed by atoms with Crippen LogP contribution in [0.5, 0.6) is 0 Å². The Morgan fingerprint density at radius 2 is 2.05 bits per heavy atom. The van der Waals surface area contributed by atoms with Crippen LogP contribution in [0.2, 0.25) is 0 Å². The molecule has 96 valence electrons. The van der Waals surface area contributed by atoms with Crippen molar-refractivity contribution in [1.82, 2.24) is 4.98 Å². The van der Waals surface area contributed by atoms with Gasteiger partial charge < -0.3 is 5.32 Å². The van der Waals surface area contributed by atoms with Crippen LogP contribution in [0.3, 0.4) is 0 Å². The van der Waals surface area contributed by atoms with Crippen LogP contribution in [0.15, 0.2) is 40.9 Å². The normalized spacial score (nSPS) is 10.9. The van der Waals surface area contributed by atoms with Crippen molar-refractivity contribution in [3.05, 3.63) is 50.3 Å². The number of anilines is 2. The van der Waals surface area contributed by atoms with Crippen molar-refractivity contribution in [3.63, 3.8) is 0 Å². The van der Waals surface area contributed by atoms with Crippen molar-refractivity contribution in [3.8, 4) is 0 Å². The molecule has 2 aromatic carbocycles. The van der Waals surface area contributed by atoms with Gasteiger partial charge in [-0.05, 0) is 59.0 Å². The maximum Gasteiger partial charge on any atom is 0.188 e. The highest BCUT2D eigenvalue weighted by Crippen LogP contribution is 2.31. The van der Waals surface area contributed by atoms with Crippen molar-refractivity contribution in [1.29, 1.82) is 0 Å². The monoisotopic (exact) mass is 448 g/mol. The third-order valence-corrected chi connectivity index (χ3v) is 4.84. The van der Waals surface area contributed by atoms with Crippen molar-refractivity contribution in [2.45, 2.75) is 0 Å². The van der Waals surface area contributed by atoms with Crippen LogP contribution >= 0.6 is 49.9 Å². The topological polar surface area (TPSA) is 24.9 Å². The Morgan fingerprint density at radius 3 is 2.84 bits per heavy atom. The number of benzene rings is 2. The fraction of sp³-hybridized carbons (Fsp3) is 0. The summed E-state index contributed by atoms with van der Waals surface area (Å²) in [6.07, 6.45) is 0. The van der Waals surface area contributed by atoms with Gasteiger partial charge in [-0.2, -0.15) is 0 Å². The predicted molar refractivity (Wildman–Crippen MR) is 89.7 cm³/mol. The minimum atomic E-state index is -0.233. The number of nitrogens with zero attached hydrogens (tertiary/aromatic N) is 1. The van der Waals surface area contributed by atoms with Crippen LogP contribution in [0.25, 0.3) is 10.2 Å². The molecule has 1 heterocycles. The number of fused-ring (bicyclic) bond motifs is 1. The molecular formula is C13H7BrFIN2S. The van der Waals surface area contributed by atoms with Crippen LogP contribution in [-0.4, -0.2) is 4.98 Å². The number of hydrogen-bond acceptors (Lipinski definition) is 3. The van der Waals surface area contributed by atoms with E-state index < -0.39 is 0 Å². The summed E-state index contributed by atoms with van der Waals surface area (Å²) in [7, 11) is 0. The number of hydrogen-bond donors (Lipinski definition) is 1. The molecule has 2 nitrogen and oxygen atoms in total. The van der Waals surface area contributed by atoms with Gasteiger partial charge in [0.05, 0.1) is 15.9 Å². The molecule has 0 saturated heterocycles. The van der Waals surface area contributed by atoms with E-state index in [1.54, 1.807) is 17.4 Å². The van der Waals surface area contributed by atoms with Crippen molar-refractivity contribution >= 4 is 70.9 Å². The highest BCUT2D eigenvalue weighted by Gasteiger charge is 2.07. The van der Waals surface area contributed by atoms with E-state index in [0.29, 0.717) is 0 Å². The maximum atomic E-state index is 13.0. The first-order valence-corrected chi connectivity index (χ1v) is 8.09. The Balaban J connectivity index is 1.96. The van der Waals surface area contributed by atoms with Gasteiger partial charge >= 0.3 is 0 Å². The summed E-state index contributed by atoms with van der Waals surface area (Å²) in [5, 5.41) is 4.03. The van der Waals surface area contributed by atoms with Crippen LogP contribution < -0.4 is 5.32 Å². The quantitative estimate of drug-likeness (QED) is 0.520. The van der Waals surface area contributed by atoms with Gasteiger partial charge in [0.1, 0.15) is 5.82 Å². The van der Waals surface area contributed by atoms with Crippen LogP contribution in [0, 0.1) is 9.39 Å². The Labute approximate surface area is 135 Å². The lowest BCUT2D eigenvalue weighted by Gasteiger charge is -2.04. The SMILES string of the molecule is Fc1ccc(Nc2nc3ccc(Br)cc3s2)c(I)c1. The number of halogens is 3. The molecule has 0 bridgehead atoms. The lowest BCUT2D eigenvalue weighted by Crippen LogP contribution is -1.92. The smallest absolute Gasteiger partial charge is 0.188 e. The van der Waals surface area contributed by atoms with Gasteiger partial charge in [-0.15, -0.1) is 0 Å². The predicted octanol–water partition coefficient (Wildman–Crippen LogP) is 5.55. The third kappa shape index (κ3) is 2.90. The first kappa shape index (κ1) is 13.3. The molecule has 3 rings (SSSR count). The second kappa shape index (κ2) is 5.34. The highest BCUT2D eigenvalue weighted by atomic mass is 127. The average Bonchev–Trinajstić information content (AvgIpc) is 2.74. The minimum absolute atomic E-state index is 0.233. The summed E-state index contributed by atoms with van der Waals surface area (Å²) in [6, 6.07) is 10.6. The van der Waals surface area contributed by atoms with Gasteiger partial charge in [-0.3, -0.25) is 0 Å². The van der Waals surface area contributed by atoms with Gasteiger partial charge in [0, 0.05) is 8.04 Å². The van der Waals surface area contributed by atoms with Crippen molar-refractivity contribution < 1.29 is 4.39 Å². The van der Waals surface area contributed by atoms with E-state index >= 15 is 0 Å². The zero-order chi connectivity index (χ0) is 13.4. The molecule has 0 radical (unpaired) electrons. The molecule has 0 aliphatic carbocycles. The number of aromatic nitrogens is 1. The van der Waals surface area contributed by atoms with Gasteiger partial charge in [-0.25, -0.2) is 9.37 Å². The van der Waals surface area contributed by atoms with Gasteiger partial charge in [-0.1, -0.05) is 27.3 Å². The summed E-state index contributed by atoms with van der Waals surface area (Å²) in [4.78, 5) is 4.50. The maximum absolute atomic E-state index is 13.0. The lowest BCUT2D eigenvalue weighted by molar-refractivity contribution is 0.627. The molecule has 0 spiro atoms. The molecule has 0 aliphatic rings. The summed E-state index contributed by atoms with van der Waals surface area (Å²) in [6.45, 7) is 0.